The van der Waals surface area contributed by atoms with Crippen LogP contribution in [0.15, 0.2) is 59.0 Å². The molecular weight excluding hydrogens is 286 g/mol. The molecule has 0 unspecified atom stereocenters. The molecule has 116 valence electrons. The highest BCUT2D eigenvalue weighted by atomic mass is 16.3. The highest BCUT2D eigenvalue weighted by Gasteiger charge is 2.16. The number of nitrogens with one attached hydrogen (secondary N) is 1. The largest absolute Gasteiger partial charge is 0.461 e. The summed E-state index contributed by atoms with van der Waals surface area (Å²) in [7, 11) is 0. The maximum Gasteiger partial charge on any atom is 0.259 e. The highest BCUT2D eigenvalue weighted by Crippen LogP contribution is 2.26. The summed E-state index contributed by atoms with van der Waals surface area (Å²) < 4.78 is 5.75. The fourth-order valence-corrected chi connectivity index (χ4v) is 2.53. The fourth-order valence-electron chi connectivity index (χ4n) is 2.53. The summed E-state index contributed by atoms with van der Waals surface area (Å²) in [5.74, 6) is 1.17. The molecule has 3 aromatic rings. The Morgan fingerprint density at radius 1 is 0.957 bits per heavy atom. The number of carbonyl (C=O) groups excluding carboxylic acids is 1. The molecule has 3 heteroatoms. The predicted molar refractivity (Wildman–Crippen MR) is 92.8 cm³/mol. The van der Waals surface area contributed by atoms with E-state index in [1.807, 2.05) is 69.3 Å². The van der Waals surface area contributed by atoms with Gasteiger partial charge < -0.3 is 9.73 Å². The molecule has 0 fully saturated rings. The minimum atomic E-state index is -0.151. The molecule has 0 aliphatic carbocycles. The van der Waals surface area contributed by atoms with Crippen LogP contribution in [0.5, 0.6) is 0 Å². The molecule has 0 aliphatic rings. The number of hydrogen-bond donors (Lipinski definition) is 1. The van der Waals surface area contributed by atoms with E-state index in [0.717, 1.165) is 22.4 Å². The third-order valence-corrected chi connectivity index (χ3v) is 4.07. The first kappa shape index (κ1) is 15.1. The SMILES string of the molecule is Cc1cccc(NC(=O)c2cc(-c3ccccc3)oc2C)c1C. The lowest BCUT2D eigenvalue weighted by molar-refractivity contribution is 0.102. The predicted octanol–water partition coefficient (Wildman–Crippen LogP) is 5.12. The smallest absolute Gasteiger partial charge is 0.259 e. The van der Waals surface area contributed by atoms with E-state index in [0.29, 0.717) is 17.1 Å². The Kier molecular flexibility index (Phi) is 4.02. The molecule has 1 amide bonds. The van der Waals surface area contributed by atoms with Gasteiger partial charge in [0.2, 0.25) is 0 Å². The first-order valence-corrected chi connectivity index (χ1v) is 7.59. The zero-order chi connectivity index (χ0) is 16.4. The van der Waals surface area contributed by atoms with Crippen LogP contribution in [0.3, 0.4) is 0 Å². The Bertz CT molecular complexity index is 847. The topological polar surface area (TPSA) is 42.2 Å². The molecule has 0 saturated carbocycles. The maximum atomic E-state index is 12.6. The molecule has 3 nitrogen and oxygen atoms in total. The Morgan fingerprint density at radius 3 is 2.43 bits per heavy atom. The molecule has 2 aromatic carbocycles. The van der Waals surface area contributed by atoms with Crippen molar-refractivity contribution < 1.29 is 9.21 Å². The van der Waals surface area contributed by atoms with E-state index in [9.17, 15) is 4.79 Å². The number of furan rings is 1. The Hall–Kier alpha value is -2.81. The summed E-state index contributed by atoms with van der Waals surface area (Å²) in [6, 6.07) is 17.4. The number of rotatable bonds is 3. The van der Waals surface area contributed by atoms with E-state index in [1.165, 1.54) is 0 Å². The Balaban J connectivity index is 1.89. The third kappa shape index (κ3) is 3.04. The molecule has 0 saturated heterocycles. The Labute approximate surface area is 136 Å². The summed E-state index contributed by atoms with van der Waals surface area (Å²) >= 11 is 0. The lowest BCUT2D eigenvalue weighted by Crippen LogP contribution is -2.13. The van der Waals surface area contributed by atoms with Gasteiger partial charge in [0.15, 0.2) is 0 Å². The number of anilines is 1. The number of carbonyl (C=O) groups is 1. The van der Waals surface area contributed by atoms with E-state index in [4.69, 9.17) is 4.42 Å². The molecule has 0 radical (unpaired) electrons. The first-order chi connectivity index (χ1) is 11.1. The lowest BCUT2D eigenvalue weighted by Gasteiger charge is -2.09. The maximum absolute atomic E-state index is 12.6. The van der Waals surface area contributed by atoms with E-state index in [1.54, 1.807) is 6.07 Å². The lowest BCUT2D eigenvalue weighted by atomic mass is 10.1. The second-order valence-electron chi connectivity index (χ2n) is 5.65. The average molecular weight is 305 g/mol. The van der Waals surface area contributed by atoms with Crippen LogP contribution in [-0.2, 0) is 0 Å². The van der Waals surface area contributed by atoms with Crippen molar-refractivity contribution in [3.63, 3.8) is 0 Å². The number of amides is 1. The van der Waals surface area contributed by atoms with Crippen molar-refractivity contribution in [1.29, 1.82) is 0 Å². The molecule has 0 atom stereocenters. The van der Waals surface area contributed by atoms with E-state index < -0.39 is 0 Å². The van der Waals surface area contributed by atoms with Gasteiger partial charge in [0, 0.05) is 11.3 Å². The van der Waals surface area contributed by atoms with E-state index in [-0.39, 0.29) is 5.91 Å². The molecule has 23 heavy (non-hydrogen) atoms. The van der Waals surface area contributed by atoms with Crippen LogP contribution in [0.4, 0.5) is 5.69 Å². The summed E-state index contributed by atoms with van der Waals surface area (Å²) in [5.41, 5.74) is 4.57. The van der Waals surface area contributed by atoms with Gasteiger partial charge in [-0.3, -0.25) is 4.79 Å². The molecule has 0 bridgehead atoms. The van der Waals surface area contributed by atoms with Crippen molar-refractivity contribution in [3.05, 3.63) is 77.0 Å². The van der Waals surface area contributed by atoms with Crippen molar-refractivity contribution in [1.82, 2.24) is 0 Å². The van der Waals surface area contributed by atoms with Gasteiger partial charge in [0.25, 0.3) is 5.91 Å². The van der Waals surface area contributed by atoms with E-state index >= 15 is 0 Å². The van der Waals surface area contributed by atoms with E-state index in [2.05, 4.69) is 5.32 Å². The number of aryl methyl sites for hydroxylation is 2. The summed E-state index contributed by atoms with van der Waals surface area (Å²) in [6.45, 7) is 5.84. The van der Waals surface area contributed by atoms with Crippen LogP contribution in [-0.4, -0.2) is 5.91 Å². The highest BCUT2D eigenvalue weighted by molar-refractivity contribution is 6.06. The zero-order valence-electron chi connectivity index (χ0n) is 13.5. The van der Waals surface area contributed by atoms with Crippen LogP contribution >= 0.6 is 0 Å². The molecule has 1 N–H and O–H groups in total. The van der Waals surface area contributed by atoms with Gasteiger partial charge in [-0.2, -0.15) is 0 Å². The monoisotopic (exact) mass is 305 g/mol. The molecular formula is C20H19NO2. The van der Waals surface area contributed by atoms with Crippen molar-refractivity contribution >= 4 is 11.6 Å². The van der Waals surface area contributed by atoms with Gasteiger partial charge in [-0.05, 0) is 44.0 Å². The van der Waals surface area contributed by atoms with Crippen LogP contribution in [0.25, 0.3) is 11.3 Å². The van der Waals surface area contributed by atoms with Gasteiger partial charge in [0.05, 0.1) is 5.56 Å². The summed E-state index contributed by atoms with van der Waals surface area (Å²) in [5, 5.41) is 2.97. The second-order valence-corrected chi connectivity index (χ2v) is 5.65. The second kappa shape index (κ2) is 6.13. The molecule has 3 rings (SSSR count). The van der Waals surface area contributed by atoms with Crippen molar-refractivity contribution in [2.45, 2.75) is 20.8 Å². The summed E-state index contributed by atoms with van der Waals surface area (Å²) in [4.78, 5) is 12.6. The minimum Gasteiger partial charge on any atom is -0.461 e. The fraction of sp³-hybridized carbons (Fsp3) is 0.150. The molecule has 0 spiro atoms. The third-order valence-electron chi connectivity index (χ3n) is 4.07. The van der Waals surface area contributed by atoms with Gasteiger partial charge in [0.1, 0.15) is 11.5 Å². The molecule has 1 aromatic heterocycles. The van der Waals surface area contributed by atoms with Gasteiger partial charge in [-0.1, -0.05) is 42.5 Å². The first-order valence-electron chi connectivity index (χ1n) is 7.59. The molecule has 1 heterocycles. The summed E-state index contributed by atoms with van der Waals surface area (Å²) in [6.07, 6.45) is 0. The minimum absolute atomic E-state index is 0.151. The van der Waals surface area contributed by atoms with Gasteiger partial charge in [-0.15, -0.1) is 0 Å². The van der Waals surface area contributed by atoms with Crippen molar-refractivity contribution in [3.8, 4) is 11.3 Å². The van der Waals surface area contributed by atoms with Crippen LogP contribution in [0.1, 0.15) is 27.2 Å². The van der Waals surface area contributed by atoms with Crippen LogP contribution in [0.2, 0.25) is 0 Å². The van der Waals surface area contributed by atoms with Crippen LogP contribution < -0.4 is 5.32 Å². The van der Waals surface area contributed by atoms with Crippen molar-refractivity contribution in [2.75, 3.05) is 5.32 Å². The average Bonchev–Trinajstić information content (AvgIpc) is 2.95. The Morgan fingerprint density at radius 2 is 1.70 bits per heavy atom. The normalized spacial score (nSPS) is 10.6. The van der Waals surface area contributed by atoms with Gasteiger partial charge in [-0.25, -0.2) is 0 Å². The number of hydrogen-bond acceptors (Lipinski definition) is 2. The van der Waals surface area contributed by atoms with Crippen molar-refractivity contribution in [2.24, 2.45) is 0 Å². The van der Waals surface area contributed by atoms with Crippen LogP contribution in [0, 0.1) is 20.8 Å². The zero-order valence-corrected chi connectivity index (χ0v) is 13.5. The molecule has 0 aliphatic heterocycles. The van der Waals surface area contributed by atoms with Gasteiger partial charge >= 0.3 is 0 Å². The number of benzene rings is 2. The standard InChI is InChI=1S/C20H19NO2/c1-13-8-7-11-18(14(13)2)21-20(22)17-12-19(23-15(17)3)16-9-5-4-6-10-16/h4-12H,1-3H3,(H,21,22). The quantitative estimate of drug-likeness (QED) is 0.729.